The number of likely N-dealkylation sites (tertiary alicyclic amines) is 1. The highest BCUT2D eigenvalue weighted by Crippen LogP contribution is 2.23. The Morgan fingerprint density at radius 2 is 2.00 bits per heavy atom. The van der Waals surface area contributed by atoms with E-state index >= 15 is 0 Å². The predicted octanol–water partition coefficient (Wildman–Crippen LogP) is 5.32. The van der Waals surface area contributed by atoms with Gasteiger partial charge in [-0.05, 0) is 86.9 Å². The van der Waals surface area contributed by atoms with Crippen molar-refractivity contribution in [2.75, 3.05) is 19.6 Å². The third kappa shape index (κ3) is 4.64. The number of nitriles is 1. The van der Waals surface area contributed by atoms with Crippen LogP contribution in [0.15, 0.2) is 54.7 Å². The number of aryl methyl sites for hydroxylation is 1. The summed E-state index contributed by atoms with van der Waals surface area (Å²) in [4.78, 5) is 6.01. The van der Waals surface area contributed by atoms with Gasteiger partial charge in [-0.1, -0.05) is 30.3 Å². The second kappa shape index (κ2) is 9.08. The monoisotopic (exact) mass is 371 g/mol. The maximum Gasteiger partial charge on any atom is 0.0991 e. The highest BCUT2D eigenvalue weighted by molar-refractivity contribution is 5.84. The molecule has 1 aromatic heterocycles. The van der Waals surface area contributed by atoms with Crippen LogP contribution in [0.3, 0.4) is 0 Å². The molecule has 144 valence electrons. The van der Waals surface area contributed by atoms with Crippen molar-refractivity contribution in [3.63, 3.8) is 0 Å². The molecule has 0 spiro atoms. The minimum Gasteiger partial charge on any atom is -0.361 e. The molecule has 0 amide bonds. The van der Waals surface area contributed by atoms with Crippen molar-refractivity contribution in [3.8, 4) is 6.07 Å². The van der Waals surface area contributed by atoms with Gasteiger partial charge in [-0.25, -0.2) is 0 Å². The number of fused-ring (bicyclic) bond motifs is 1. The first kappa shape index (κ1) is 18.8. The van der Waals surface area contributed by atoms with Crippen molar-refractivity contribution in [1.29, 1.82) is 5.26 Å². The number of hydrogen-bond acceptors (Lipinski definition) is 2. The number of nitrogens with zero attached hydrogens (tertiary/aromatic N) is 2. The largest absolute Gasteiger partial charge is 0.361 e. The average Bonchev–Trinajstić information content (AvgIpc) is 3.14. The lowest BCUT2D eigenvalue weighted by Crippen LogP contribution is -2.36. The molecule has 1 aliphatic heterocycles. The first-order valence-corrected chi connectivity index (χ1v) is 10.6. The quantitative estimate of drug-likeness (QED) is 0.571. The SMILES string of the molecule is N#Cc1ccc2[nH]cc(CCCCN3CCCC(Cc4ccccc4)C3)c2c1. The van der Waals surface area contributed by atoms with Crippen LogP contribution in [0.1, 0.15) is 42.4 Å². The molecule has 0 saturated carbocycles. The van der Waals surface area contributed by atoms with Crippen LogP contribution in [-0.4, -0.2) is 29.5 Å². The number of aromatic amines is 1. The van der Waals surface area contributed by atoms with Crippen LogP contribution in [0.4, 0.5) is 0 Å². The lowest BCUT2D eigenvalue weighted by Gasteiger charge is -2.32. The summed E-state index contributed by atoms with van der Waals surface area (Å²) in [5.74, 6) is 0.800. The number of rotatable bonds is 7. The zero-order valence-electron chi connectivity index (χ0n) is 16.5. The van der Waals surface area contributed by atoms with E-state index in [0.29, 0.717) is 0 Å². The lowest BCUT2D eigenvalue weighted by molar-refractivity contribution is 0.171. The van der Waals surface area contributed by atoms with Crippen molar-refractivity contribution >= 4 is 10.9 Å². The van der Waals surface area contributed by atoms with Crippen LogP contribution in [0.5, 0.6) is 0 Å². The molecule has 28 heavy (non-hydrogen) atoms. The third-order valence-electron chi connectivity index (χ3n) is 6.04. The van der Waals surface area contributed by atoms with E-state index in [1.807, 2.05) is 18.2 Å². The molecule has 1 saturated heterocycles. The van der Waals surface area contributed by atoms with Crippen molar-refractivity contribution in [2.24, 2.45) is 5.92 Å². The summed E-state index contributed by atoms with van der Waals surface area (Å²) in [5, 5.41) is 10.3. The molecule has 3 aromatic rings. The number of H-pyrrole nitrogens is 1. The van der Waals surface area contributed by atoms with Gasteiger partial charge in [0.15, 0.2) is 0 Å². The fraction of sp³-hybridized carbons (Fsp3) is 0.400. The summed E-state index contributed by atoms with van der Waals surface area (Å²) in [5.41, 5.74) is 4.69. The number of unbranched alkanes of at least 4 members (excludes halogenated alkanes) is 1. The first-order valence-electron chi connectivity index (χ1n) is 10.6. The number of aromatic nitrogens is 1. The summed E-state index contributed by atoms with van der Waals surface area (Å²) < 4.78 is 0. The van der Waals surface area contributed by atoms with Gasteiger partial charge >= 0.3 is 0 Å². The molecule has 2 aromatic carbocycles. The zero-order valence-corrected chi connectivity index (χ0v) is 16.5. The van der Waals surface area contributed by atoms with Gasteiger partial charge in [0.1, 0.15) is 0 Å². The molecular formula is C25H29N3. The molecule has 3 heteroatoms. The van der Waals surface area contributed by atoms with E-state index in [1.165, 1.54) is 68.3 Å². The molecule has 2 heterocycles. The fourth-order valence-electron chi connectivity index (χ4n) is 4.57. The van der Waals surface area contributed by atoms with E-state index in [1.54, 1.807) is 0 Å². The van der Waals surface area contributed by atoms with Crippen LogP contribution in [-0.2, 0) is 12.8 Å². The van der Waals surface area contributed by atoms with Crippen LogP contribution < -0.4 is 0 Å². The van der Waals surface area contributed by atoms with E-state index in [-0.39, 0.29) is 0 Å². The number of hydrogen-bond donors (Lipinski definition) is 1. The smallest absolute Gasteiger partial charge is 0.0991 e. The Morgan fingerprint density at radius 3 is 2.86 bits per heavy atom. The Kier molecular flexibility index (Phi) is 6.09. The molecular weight excluding hydrogens is 342 g/mol. The van der Waals surface area contributed by atoms with Crippen LogP contribution in [0, 0.1) is 17.2 Å². The fourth-order valence-corrected chi connectivity index (χ4v) is 4.57. The molecule has 0 aliphatic carbocycles. The molecule has 1 fully saturated rings. The average molecular weight is 372 g/mol. The molecule has 0 bridgehead atoms. The Bertz CT molecular complexity index is 935. The van der Waals surface area contributed by atoms with Gasteiger partial charge in [-0.3, -0.25) is 0 Å². The molecule has 4 rings (SSSR count). The standard InChI is InChI=1S/C25H29N3/c26-17-21-11-12-25-24(16-21)23(18-27-25)10-4-5-13-28-14-6-9-22(19-28)15-20-7-2-1-3-8-20/h1-3,7-8,11-12,16,18,22,27H,4-6,9-10,13-15,19H2. The molecule has 1 N–H and O–H groups in total. The maximum atomic E-state index is 9.13. The van der Waals surface area contributed by atoms with Gasteiger partial charge < -0.3 is 9.88 Å². The minimum absolute atomic E-state index is 0.742. The summed E-state index contributed by atoms with van der Waals surface area (Å²) >= 11 is 0. The van der Waals surface area contributed by atoms with Gasteiger partial charge in [0.05, 0.1) is 11.6 Å². The normalized spacial score (nSPS) is 17.6. The lowest BCUT2D eigenvalue weighted by atomic mass is 9.91. The number of nitrogens with one attached hydrogen (secondary N) is 1. The Balaban J connectivity index is 1.24. The summed E-state index contributed by atoms with van der Waals surface area (Å²) in [6.45, 7) is 3.70. The highest BCUT2D eigenvalue weighted by Gasteiger charge is 2.19. The van der Waals surface area contributed by atoms with Crippen molar-refractivity contribution in [3.05, 3.63) is 71.4 Å². The number of piperidine rings is 1. The molecule has 1 aliphatic rings. The van der Waals surface area contributed by atoms with Gasteiger partial charge in [0.25, 0.3) is 0 Å². The molecule has 1 unspecified atom stereocenters. The van der Waals surface area contributed by atoms with Crippen LogP contribution in [0.25, 0.3) is 10.9 Å². The van der Waals surface area contributed by atoms with Crippen molar-refractivity contribution in [2.45, 2.75) is 38.5 Å². The Morgan fingerprint density at radius 1 is 1.11 bits per heavy atom. The van der Waals surface area contributed by atoms with Crippen molar-refractivity contribution in [1.82, 2.24) is 9.88 Å². The second-order valence-electron chi connectivity index (χ2n) is 8.14. The summed E-state index contributed by atoms with van der Waals surface area (Å²) in [7, 11) is 0. The van der Waals surface area contributed by atoms with E-state index < -0.39 is 0 Å². The van der Waals surface area contributed by atoms with E-state index in [4.69, 9.17) is 5.26 Å². The van der Waals surface area contributed by atoms with Gasteiger partial charge in [-0.15, -0.1) is 0 Å². The first-order chi connectivity index (χ1) is 13.8. The highest BCUT2D eigenvalue weighted by atomic mass is 15.1. The van der Waals surface area contributed by atoms with E-state index in [9.17, 15) is 0 Å². The number of benzene rings is 2. The molecule has 0 radical (unpaired) electrons. The topological polar surface area (TPSA) is 42.8 Å². The second-order valence-corrected chi connectivity index (χ2v) is 8.14. The molecule has 3 nitrogen and oxygen atoms in total. The minimum atomic E-state index is 0.742. The van der Waals surface area contributed by atoms with E-state index in [0.717, 1.165) is 23.4 Å². The van der Waals surface area contributed by atoms with Gasteiger partial charge in [0.2, 0.25) is 0 Å². The predicted molar refractivity (Wildman–Crippen MR) is 115 cm³/mol. The zero-order chi connectivity index (χ0) is 19.2. The van der Waals surface area contributed by atoms with Crippen molar-refractivity contribution < 1.29 is 0 Å². The van der Waals surface area contributed by atoms with Gasteiger partial charge in [0, 0.05) is 23.6 Å². The van der Waals surface area contributed by atoms with Gasteiger partial charge in [-0.2, -0.15) is 5.26 Å². The summed E-state index contributed by atoms with van der Waals surface area (Å²) in [6, 6.07) is 19.1. The third-order valence-corrected chi connectivity index (χ3v) is 6.04. The van der Waals surface area contributed by atoms with Crippen LogP contribution >= 0.6 is 0 Å². The van der Waals surface area contributed by atoms with E-state index in [2.05, 4.69) is 52.5 Å². The van der Waals surface area contributed by atoms with Crippen LogP contribution in [0.2, 0.25) is 0 Å². The molecule has 1 atom stereocenters. The summed E-state index contributed by atoms with van der Waals surface area (Å²) in [6.07, 6.45) is 9.54. The Labute approximate surface area is 168 Å². The Hall–Kier alpha value is -2.57. The maximum absolute atomic E-state index is 9.13.